The number of sulfonamides is 1. The number of rotatable bonds is 9. The molecule has 2 aromatic rings. The summed E-state index contributed by atoms with van der Waals surface area (Å²) < 4.78 is 43.7. The van der Waals surface area contributed by atoms with Crippen LogP contribution in [0.25, 0.3) is 0 Å². The van der Waals surface area contributed by atoms with E-state index in [1.165, 1.54) is 0 Å². The van der Waals surface area contributed by atoms with Crippen LogP contribution in [0.2, 0.25) is 0 Å². The normalized spacial score (nSPS) is 17.8. The highest BCUT2D eigenvalue weighted by Crippen LogP contribution is 2.31. The lowest BCUT2D eigenvalue weighted by atomic mass is 9.93. The second-order valence-corrected chi connectivity index (χ2v) is 9.19. The van der Waals surface area contributed by atoms with Crippen molar-refractivity contribution >= 4 is 10.0 Å². The van der Waals surface area contributed by atoms with Crippen LogP contribution in [0.4, 0.5) is 0 Å². The van der Waals surface area contributed by atoms with E-state index in [1.54, 1.807) is 49.0 Å². The maximum absolute atomic E-state index is 13.2. The Labute approximate surface area is 178 Å². The summed E-state index contributed by atoms with van der Waals surface area (Å²) in [5.74, 6) is 1.29. The molecule has 2 heterocycles. The quantitative estimate of drug-likeness (QED) is 0.559. The average Bonchev–Trinajstić information content (AvgIpc) is 2.77. The Balaban J connectivity index is 1.79. The molecule has 0 aliphatic carbocycles. The Morgan fingerprint density at radius 1 is 1.17 bits per heavy atom. The molecular weight excluding hydrogens is 406 g/mol. The molecule has 1 aromatic carbocycles. The molecule has 30 heavy (non-hydrogen) atoms. The topological polar surface area (TPSA) is 90.9 Å². The van der Waals surface area contributed by atoms with Crippen molar-refractivity contribution < 1.29 is 22.6 Å². The van der Waals surface area contributed by atoms with Crippen LogP contribution in [0.3, 0.4) is 0 Å². The summed E-state index contributed by atoms with van der Waals surface area (Å²) in [6.07, 6.45) is 3.42. The molecule has 9 heteroatoms. The number of aryl methyl sites for hydroxylation is 1. The lowest BCUT2D eigenvalue weighted by Crippen LogP contribution is -2.39. The van der Waals surface area contributed by atoms with E-state index in [0.29, 0.717) is 44.5 Å². The van der Waals surface area contributed by atoms with Gasteiger partial charge in [0.15, 0.2) is 0 Å². The molecule has 3 rings (SSSR count). The molecule has 0 N–H and O–H groups in total. The first-order valence-electron chi connectivity index (χ1n) is 9.99. The Bertz CT molecular complexity index is 934. The van der Waals surface area contributed by atoms with E-state index < -0.39 is 10.0 Å². The van der Waals surface area contributed by atoms with Gasteiger partial charge in [-0.1, -0.05) is 0 Å². The Hall–Kier alpha value is -2.07. The summed E-state index contributed by atoms with van der Waals surface area (Å²) in [4.78, 5) is 9.22. The molecule has 8 nitrogen and oxygen atoms in total. The minimum absolute atomic E-state index is 0.00509. The van der Waals surface area contributed by atoms with Gasteiger partial charge in [0.1, 0.15) is 11.6 Å². The number of hydrogen-bond acceptors (Lipinski definition) is 7. The zero-order valence-corrected chi connectivity index (χ0v) is 18.5. The van der Waals surface area contributed by atoms with Gasteiger partial charge >= 0.3 is 0 Å². The maximum atomic E-state index is 13.2. The summed E-state index contributed by atoms with van der Waals surface area (Å²) in [6, 6.07) is 6.50. The predicted octanol–water partition coefficient (Wildman–Crippen LogP) is 2.52. The lowest BCUT2D eigenvalue weighted by Gasteiger charge is -2.32. The second kappa shape index (κ2) is 10.3. The number of hydrogen-bond donors (Lipinski definition) is 0. The van der Waals surface area contributed by atoms with Gasteiger partial charge in [-0.3, -0.25) is 0 Å². The van der Waals surface area contributed by atoms with Crippen molar-refractivity contribution in [2.75, 3.05) is 40.5 Å². The van der Waals surface area contributed by atoms with E-state index in [0.717, 1.165) is 24.1 Å². The van der Waals surface area contributed by atoms with Crippen LogP contribution in [-0.4, -0.2) is 63.2 Å². The van der Waals surface area contributed by atoms with Crippen molar-refractivity contribution in [3.63, 3.8) is 0 Å². The third kappa shape index (κ3) is 5.34. The smallest absolute Gasteiger partial charge is 0.243 e. The number of methoxy groups -OCH3 is 2. The molecule has 0 spiro atoms. The minimum Gasteiger partial charge on any atom is -0.497 e. The van der Waals surface area contributed by atoms with Gasteiger partial charge in [0.2, 0.25) is 10.0 Å². The van der Waals surface area contributed by atoms with Gasteiger partial charge in [0.05, 0.1) is 37.5 Å². The van der Waals surface area contributed by atoms with Crippen LogP contribution in [0.1, 0.15) is 35.8 Å². The Morgan fingerprint density at radius 3 is 2.63 bits per heavy atom. The first kappa shape index (κ1) is 22.6. The molecule has 1 unspecified atom stereocenters. The van der Waals surface area contributed by atoms with Crippen molar-refractivity contribution in [1.29, 1.82) is 0 Å². The van der Waals surface area contributed by atoms with Crippen molar-refractivity contribution in [2.24, 2.45) is 0 Å². The van der Waals surface area contributed by atoms with E-state index in [9.17, 15) is 8.42 Å². The van der Waals surface area contributed by atoms with Gasteiger partial charge < -0.3 is 14.2 Å². The van der Waals surface area contributed by atoms with Crippen LogP contribution in [0.15, 0.2) is 35.4 Å². The van der Waals surface area contributed by atoms with Gasteiger partial charge in [-0.25, -0.2) is 18.4 Å². The van der Waals surface area contributed by atoms with Gasteiger partial charge in [-0.05, 0) is 44.0 Å². The van der Waals surface area contributed by atoms with Crippen molar-refractivity contribution in [3.8, 4) is 5.75 Å². The van der Waals surface area contributed by atoms with Crippen LogP contribution in [-0.2, 0) is 26.1 Å². The standard InChI is InChI=1S/C21H29N3O5S/c1-16-22-13-18(15-29-12-11-27-2)21(23-16)17-5-4-10-24(14-17)30(25,26)20-8-6-19(28-3)7-9-20/h6-9,13,17H,4-5,10-12,14-15H2,1-3H3. The second-order valence-electron chi connectivity index (χ2n) is 7.25. The number of nitrogens with zero attached hydrogens (tertiary/aromatic N) is 3. The zero-order valence-electron chi connectivity index (χ0n) is 17.7. The number of piperidine rings is 1. The summed E-state index contributed by atoms with van der Waals surface area (Å²) in [6.45, 7) is 4.09. The van der Waals surface area contributed by atoms with Crippen LogP contribution in [0.5, 0.6) is 5.75 Å². The van der Waals surface area contributed by atoms with Crippen molar-refractivity contribution in [3.05, 3.63) is 47.5 Å². The molecule has 164 valence electrons. The van der Waals surface area contributed by atoms with E-state index in [1.807, 2.05) is 6.92 Å². The molecule has 1 saturated heterocycles. The summed E-state index contributed by atoms with van der Waals surface area (Å²) in [7, 11) is -0.405. The SMILES string of the molecule is COCCOCc1cnc(C)nc1C1CCCN(S(=O)(=O)c2ccc(OC)cc2)C1. The van der Waals surface area contributed by atoms with E-state index in [4.69, 9.17) is 14.2 Å². The van der Waals surface area contributed by atoms with Gasteiger partial charge in [0, 0.05) is 37.9 Å². The monoisotopic (exact) mass is 435 g/mol. The number of ether oxygens (including phenoxy) is 3. The number of benzene rings is 1. The fraction of sp³-hybridized carbons (Fsp3) is 0.524. The maximum Gasteiger partial charge on any atom is 0.243 e. The van der Waals surface area contributed by atoms with E-state index in [2.05, 4.69) is 9.97 Å². The van der Waals surface area contributed by atoms with Crippen LogP contribution < -0.4 is 4.74 Å². The molecule has 1 aromatic heterocycles. The fourth-order valence-electron chi connectivity index (χ4n) is 3.58. The van der Waals surface area contributed by atoms with Gasteiger partial charge in [-0.15, -0.1) is 0 Å². The third-order valence-corrected chi connectivity index (χ3v) is 7.06. The zero-order chi connectivity index (χ0) is 21.6. The van der Waals surface area contributed by atoms with Crippen molar-refractivity contribution in [1.82, 2.24) is 14.3 Å². The summed E-state index contributed by atoms with van der Waals surface area (Å²) in [5.41, 5.74) is 1.76. The molecule has 0 amide bonds. The summed E-state index contributed by atoms with van der Waals surface area (Å²) >= 11 is 0. The highest BCUT2D eigenvalue weighted by Gasteiger charge is 2.32. The molecule has 0 saturated carbocycles. The number of aromatic nitrogens is 2. The molecule has 0 bridgehead atoms. The van der Waals surface area contributed by atoms with E-state index in [-0.39, 0.29) is 10.8 Å². The molecular formula is C21H29N3O5S. The van der Waals surface area contributed by atoms with E-state index >= 15 is 0 Å². The molecule has 0 radical (unpaired) electrons. The van der Waals surface area contributed by atoms with Gasteiger partial charge in [0.25, 0.3) is 0 Å². The first-order valence-corrected chi connectivity index (χ1v) is 11.4. The first-order chi connectivity index (χ1) is 14.5. The largest absolute Gasteiger partial charge is 0.497 e. The highest BCUT2D eigenvalue weighted by molar-refractivity contribution is 7.89. The lowest BCUT2D eigenvalue weighted by molar-refractivity contribution is 0.0608. The highest BCUT2D eigenvalue weighted by atomic mass is 32.2. The van der Waals surface area contributed by atoms with Gasteiger partial charge in [-0.2, -0.15) is 4.31 Å². The predicted molar refractivity (Wildman–Crippen MR) is 112 cm³/mol. The Morgan fingerprint density at radius 2 is 1.93 bits per heavy atom. The van der Waals surface area contributed by atoms with Crippen molar-refractivity contribution in [2.45, 2.75) is 37.2 Å². The molecule has 1 atom stereocenters. The average molecular weight is 436 g/mol. The van der Waals surface area contributed by atoms with Crippen LogP contribution >= 0.6 is 0 Å². The molecule has 1 aliphatic rings. The third-order valence-electron chi connectivity index (χ3n) is 5.18. The minimum atomic E-state index is -3.59. The summed E-state index contributed by atoms with van der Waals surface area (Å²) in [5, 5.41) is 0. The fourth-order valence-corrected chi connectivity index (χ4v) is 5.11. The molecule has 1 aliphatic heterocycles. The van der Waals surface area contributed by atoms with Crippen LogP contribution in [0, 0.1) is 6.92 Å². The Kier molecular flexibility index (Phi) is 7.76. The molecule has 1 fully saturated rings.